The van der Waals surface area contributed by atoms with Crippen LogP contribution in [0.3, 0.4) is 0 Å². The van der Waals surface area contributed by atoms with Gasteiger partial charge in [0.05, 0.1) is 11.3 Å². The van der Waals surface area contributed by atoms with E-state index in [0.29, 0.717) is 26.4 Å². The molecular weight excluding hydrogens is 361 g/mol. The fourth-order valence-electron chi connectivity index (χ4n) is 2.13. The Morgan fingerprint density at radius 3 is 2.38 bits per heavy atom. The lowest BCUT2D eigenvalue weighted by Crippen LogP contribution is -1.92. The third kappa shape index (κ3) is 3.70. The van der Waals surface area contributed by atoms with Gasteiger partial charge in [0.25, 0.3) is 0 Å². The molecule has 6 heteroatoms. The third-order valence-corrected chi connectivity index (χ3v) is 5.10. The number of hydrogen-bond acceptors (Lipinski definition) is 4. The molecule has 0 bridgehead atoms. The summed E-state index contributed by atoms with van der Waals surface area (Å²) in [6.07, 6.45) is 3.43. The molecule has 3 aromatic rings. The number of nitriles is 1. The van der Waals surface area contributed by atoms with Gasteiger partial charge < -0.3 is 0 Å². The molecule has 2 aromatic heterocycles. The van der Waals surface area contributed by atoms with Crippen LogP contribution in [0.4, 0.5) is 0 Å². The van der Waals surface area contributed by atoms with Crippen molar-refractivity contribution in [2.75, 3.05) is 0 Å². The molecule has 3 nitrogen and oxygen atoms in total. The molecule has 0 saturated carbocycles. The van der Waals surface area contributed by atoms with E-state index in [-0.39, 0.29) is 0 Å². The molecule has 0 aliphatic heterocycles. The predicted octanol–water partition coefficient (Wildman–Crippen LogP) is 5.61. The second kappa shape index (κ2) is 7.67. The van der Waals surface area contributed by atoms with E-state index in [1.807, 2.05) is 24.3 Å². The number of halogens is 2. The molecule has 0 aliphatic carbocycles. The Hall–Kier alpha value is -2.06. The summed E-state index contributed by atoms with van der Waals surface area (Å²) in [5.74, 6) is 0.542. The van der Waals surface area contributed by atoms with E-state index in [2.05, 4.69) is 16.0 Å². The van der Waals surface area contributed by atoms with Crippen LogP contribution in [0.5, 0.6) is 0 Å². The van der Waals surface area contributed by atoms with Gasteiger partial charge in [-0.2, -0.15) is 5.26 Å². The molecule has 0 aliphatic rings. The van der Waals surface area contributed by atoms with E-state index in [0.717, 1.165) is 16.8 Å². The topological polar surface area (TPSA) is 49.6 Å². The van der Waals surface area contributed by atoms with Gasteiger partial charge in [0, 0.05) is 33.8 Å². The van der Waals surface area contributed by atoms with Crippen LogP contribution in [-0.4, -0.2) is 9.97 Å². The van der Waals surface area contributed by atoms with Crippen LogP contribution < -0.4 is 0 Å². The fraction of sp³-hybridized carbons (Fsp3) is 0.0556. The molecule has 0 radical (unpaired) electrons. The van der Waals surface area contributed by atoms with Gasteiger partial charge in [-0.25, -0.2) is 4.98 Å². The number of nitrogens with zero attached hydrogens (tertiary/aromatic N) is 3. The number of aromatic nitrogens is 2. The predicted molar refractivity (Wildman–Crippen MR) is 98.2 cm³/mol. The van der Waals surface area contributed by atoms with E-state index in [4.69, 9.17) is 23.2 Å². The highest BCUT2D eigenvalue weighted by molar-refractivity contribution is 7.98. The van der Waals surface area contributed by atoms with Gasteiger partial charge in [-0.1, -0.05) is 29.3 Å². The standard InChI is InChI=1S/C18H11Cl2N3S/c19-15-2-1-3-16(20)14(15)11-24-18-13(10-21)4-5-17(23-18)12-6-8-22-9-7-12/h1-9H,11H2. The molecule has 1 aromatic carbocycles. The van der Waals surface area contributed by atoms with Crippen molar-refractivity contribution >= 4 is 35.0 Å². The van der Waals surface area contributed by atoms with E-state index < -0.39 is 0 Å². The van der Waals surface area contributed by atoms with Crippen molar-refractivity contribution in [2.24, 2.45) is 0 Å². The highest BCUT2D eigenvalue weighted by Gasteiger charge is 2.11. The Labute approximate surface area is 154 Å². The van der Waals surface area contributed by atoms with Crippen LogP contribution in [0.1, 0.15) is 11.1 Å². The molecule has 0 N–H and O–H groups in total. The summed E-state index contributed by atoms with van der Waals surface area (Å²) in [6.45, 7) is 0. The Morgan fingerprint density at radius 2 is 1.71 bits per heavy atom. The maximum atomic E-state index is 9.32. The summed E-state index contributed by atoms with van der Waals surface area (Å²) in [7, 11) is 0. The van der Waals surface area contributed by atoms with Crippen molar-refractivity contribution < 1.29 is 0 Å². The summed E-state index contributed by atoms with van der Waals surface area (Å²) in [6, 6.07) is 15.0. The van der Waals surface area contributed by atoms with Crippen molar-refractivity contribution in [3.63, 3.8) is 0 Å². The Balaban J connectivity index is 1.91. The van der Waals surface area contributed by atoms with Crippen molar-refractivity contribution in [3.8, 4) is 17.3 Å². The number of pyridine rings is 2. The van der Waals surface area contributed by atoms with Crippen molar-refractivity contribution in [2.45, 2.75) is 10.8 Å². The first kappa shape index (κ1) is 16.8. The van der Waals surface area contributed by atoms with E-state index >= 15 is 0 Å². The van der Waals surface area contributed by atoms with E-state index in [1.165, 1.54) is 11.8 Å². The Bertz CT molecular complexity index is 888. The lowest BCUT2D eigenvalue weighted by atomic mass is 10.1. The molecule has 0 fully saturated rings. The van der Waals surface area contributed by atoms with Crippen molar-refractivity contribution in [1.82, 2.24) is 9.97 Å². The maximum absolute atomic E-state index is 9.32. The van der Waals surface area contributed by atoms with Crippen molar-refractivity contribution in [1.29, 1.82) is 5.26 Å². The van der Waals surface area contributed by atoms with Gasteiger partial charge in [-0.15, -0.1) is 11.8 Å². The zero-order valence-corrected chi connectivity index (χ0v) is 14.7. The number of thioether (sulfide) groups is 1. The molecule has 0 unspecified atom stereocenters. The van der Waals surface area contributed by atoms with E-state index in [1.54, 1.807) is 30.6 Å². The van der Waals surface area contributed by atoms with E-state index in [9.17, 15) is 5.26 Å². The van der Waals surface area contributed by atoms with Crippen LogP contribution in [0.25, 0.3) is 11.3 Å². The van der Waals surface area contributed by atoms with Crippen LogP contribution >= 0.6 is 35.0 Å². The SMILES string of the molecule is N#Cc1ccc(-c2ccncc2)nc1SCc1c(Cl)cccc1Cl. The third-order valence-electron chi connectivity index (χ3n) is 3.37. The van der Waals surface area contributed by atoms with Crippen LogP contribution in [0, 0.1) is 11.3 Å². The quantitative estimate of drug-likeness (QED) is 0.558. The number of benzene rings is 1. The van der Waals surface area contributed by atoms with Gasteiger partial charge >= 0.3 is 0 Å². The first-order valence-corrected chi connectivity index (χ1v) is 8.80. The van der Waals surface area contributed by atoms with Crippen molar-refractivity contribution in [3.05, 3.63) is 76.0 Å². The molecular formula is C18H11Cl2N3S. The van der Waals surface area contributed by atoms with Crippen LogP contribution in [0.15, 0.2) is 59.9 Å². The van der Waals surface area contributed by atoms with Gasteiger partial charge in [-0.3, -0.25) is 4.98 Å². The summed E-state index contributed by atoms with van der Waals surface area (Å²) in [4.78, 5) is 8.62. The highest BCUT2D eigenvalue weighted by atomic mass is 35.5. The number of rotatable bonds is 4. The molecule has 0 spiro atoms. The van der Waals surface area contributed by atoms with Gasteiger partial charge in [0.2, 0.25) is 0 Å². The van der Waals surface area contributed by atoms with Gasteiger partial charge in [0.15, 0.2) is 0 Å². The average Bonchev–Trinajstić information content (AvgIpc) is 2.62. The van der Waals surface area contributed by atoms with Crippen LogP contribution in [0.2, 0.25) is 10.0 Å². The minimum atomic E-state index is 0.529. The lowest BCUT2D eigenvalue weighted by Gasteiger charge is -2.09. The molecule has 0 atom stereocenters. The molecule has 2 heterocycles. The lowest BCUT2D eigenvalue weighted by molar-refractivity contribution is 1.11. The van der Waals surface area contributed by atoms with Gasteiger partial charge in [-0.05, 0) is 42.0 Å². The highest BCUT2D eigenvalue weighted by Crippen LogP contribution is 2.33. The summed E-state index contributed by atoms with van der Waals surface area (Å²) in [5, 5.41) is 11.2. The summed E-state index contributed by atoms with van der Waals surface area (Å²) < 4.78 is 0. The normalized spacial score (nSPS) is 10.4. The van der Waals surface area contributed by atoms with Gasteiger partial charge in [0.1, 0.15) is 11.1 Å². The minimum absolute atomic E-state index is 0.529. The fourth-order valence-corrected chi connectivity index (χ4v) is 3.84. The largest absolute Gasteiger partial charge is 0.265 e. The smallest absolute Gasteiger partial charge is 0.115 e. The molecule has 0 amide bonds. The average molecular weight is 372 g/mol. The Morgan fingerprint density at radius 1 is 1.00 bits per heavy atom. The summed E-state index contributed by atoms with van der Waals surface area (Å²) in [5.41, 5.74) is 3.11. The Kier molecular flexibility index (Phi) is 5.37. The zero-order chi connectivity index (χ0) is 16.9. The number of hydrogen-bond donors (Lipinski definition) is 0. The molecule has 0 saturated heterocycles. The zero-order valence-electron chi connectivity index (χ0n) is 12.4. The van der Waals surface area contributed by atoms with Crippen LogP contribution in [-0.2, 0) is 5.75 Å². The second-order valence-corrected chi connectivity index (χ2v) is 6.66. The monoisotopic (exact) mass is 371 g/mol. The minimum Gasteiger partial charge on any atom is -0.265 e. The second-order valence-electron chi connectivity index (χ2n) is 4.89. The molecule has 118 valence electrons. The first-order valence-electron chi connectivity index (χ1n) is 7.06. The molecule has 24 heavy (non-hydrogen) atoms. The molecule has 3 rings (SSSR count). The first-order chi connectivity index (χ1) is 11.7. The summed E-state index contributed by atoms with van der Waals surface area (Å²) >= 11 is 13.9. The maximum Gasteiger partial charge on any atom is 0.115 e.